The highest BCUT2D eigenvalue weighted by atomic mass is 19.1. The van der Waals surface area contributed by atoms with Crippen LogP contribution in [0.3, 0.4) is 0 Å². The van der Waals surface area contributed by atoms with Crippen molar-refractivity contribution in [1.82, 2.24) is 4.98 Å². The topological polar surface area (TPSA) is 50.9 Å². The van der Waals surface area contributed by atoms with Gasteiger partial charge in [-0.1, -0.05) is 12.1 Å². The summed E-state index contributed by atoms with van der Waals surface area (Å²) < 4.78 is 13.8. The van der Waals surface area contributed by atoms with Crippen LogP contribution in [-0.2, 0) is 0 Å². The Bertz CT molecular complexity index is 735. The van der Waals surface area contributed by atoms with Crippen LogP contribution >= 0.6 is 0 Å². The summed E-state index contributed by atoms with van der Waals surface area (Å²) >= 11 is 0. The Hall–Kier alpha value is -2.62. The van der Waals surface area contributed by atoms with E-state index >= 15 is 0 Å². The molecule has 1 aromatic heterocycles. The van der Waals surface area contributed by atoms with E-state index in [4.69, 9.17) is 5.73 Å². The number of rotatable bonds is 2. The molecule has 0 bridgehead atoms. The van der Waals surface area contributed by atoms with Crippen molar-refractivity contribution in [3.05, 3.63) is 60.7 Å². The maximum atomic E-state index is 13.8. The second kappa shape index (κ2) is 4.57. The first-order valence-electron chi connectivity index (χ1n) is 5.89. The fraction of sp³-hybridized carbons (Fsp3) is 0. The number of fused-ring (bicyclic) bond motifs is 1. The fourth-order valence-electron chi connectivity index (χ4n) is 2.01. The Morgan fingerprint density at radius 1 is 1.05 bits per heavy atom. The summed E-state index contributed by atoms with van der Waals surface area (Å²) in [4.78, 5) is 4.07. The highest BCUT2D eigenvalue weighted by Gasteiger charge is 2.05. The Balaban J connectivity index is 2.06. The van der Waals surface area contributed by atoms with Crippen LogP contribution < -0.4 is 11.1 Å². The van der Waals surface area contributed by atoms with Gasteiger partial charge in [0.05, 0.1) is 5.69 Å². The van der Waals surface area contributed by atoms with E-state index in [2.05, 4.69) is 10.3 Å². The van der Waals surface area contributed by atoms with Crippen LogP contribution in [0.5, 0.6) is 0 Å². The maximum absolute atomic E-state index is 13.8. The van der Waals surface area contributed by atoms with Crippen LogP contribution in [0.4, 0.5) is 21.5 Å². The molecule has 0 spiro atoms. The molecule has 3 aromatic rings. The first-order valence-corrected chi connectivity index (χ1v) is 5.89. The molecular weight excluding hydrogens is 241 g/mol. The molecule has 2 aromatic carbocycles. The van der Waals surface area contributed by atoms with Crippen LogP contribution in [0, 0.1) is 5.82 Å². The van der Waals surface area contributed by atoms with Gasteiger partial charge >= 0.3 is 0 Å². The van der Waals surface area contributed by atoms with Crippen LogP contribution in [-0.4, -0.2) is 4.98 Å². The van der Waals surface area contributed by atoms with Crippen LogP contribution in [0.25, 0.3) is 10.8 Å². The zero-order chi connectivity index (χ0) is 13.2. The number of nitrogens with zero attached hydrogens (tertiary/aromatic N) is 1. The quantitative estimate of drug-likeness (QED) is 0.685. The number of pyridine rings is 1. The van der Waals surface area contributed by atoms with Crippen molar-refractivity contribution in [3.63, 3.8) is 0 Å². The van der Waals surface area contributed by atoms with Gasteiger partial charge in [-0.25, -0.2) is 4.39 Å². The monoisotopic (exact) mass is 253 g/mol. The molecule has 94 valence electrons. The third-order valence-corrected chi connectivity index (χ3v) is 2.94. The molecule has 3 rings (SSSR count). The number of hydrogen-bond donors (Lipinski definition) is 2. The summed E-state index contributed by atoms with van der Waals surface area (Å²) in [7, 11) is 0. The number of anilines is 3. The summed E-state index contributed by atoms with van der Waals surface area (Å²) in [6.45, 7) is 0. The lowest BCUT2D eigenvalue weighted by molar-refractivity contribution is 0.632. The van der Waals surface area contributed by atoms with Gasteiger partial charge in [0.2, 0.25) is 0 Å². The van der Waals surface area contributed by atoms with Crippen molar-refractivity contribution in [1.29, 1.82) is 0 Å². The van der Waals surface area contributed by atoms with Crippen molar-refractivity contribution in [2.75, 3.05) is 11.1 Å². The van der Waals surface area contributed by atoms with Gasteiger partial charge in [-0.05, 0) is 30.3 Å². The zero-order valence-corrected chi connectivity index (χ0v) is 10.1. The van der Waals surface area contributed by atoms with E-state index in [0.29, 0.717) is 11.4 Å². The Kier molecular flexibility index (Phi) is 2.76. The lowest BCUT2D eigenvalue weighted by atomic mass is 10.1. The highest BCUT2D eigenvalue weighted by Crippen LogP contribution is 2.27. The number of nitrogen functional groups attached to an aromatic ring is 1. The molecule has 0 atom stereocenters. The highest BCUT2D eigenvalue weighted by molar-refractivity contribution is 5.94. The minimum absolute atomic E-state index is 0.369. The fourth-order valence-corrected chi connectivity index (χ4v) is 2.01. The number of nitrogens with two attached hydrogens (primary N) is 1. The third kappa shape index (κ3) is 2.20. The molecule has 3 nitrogen and oxygen atoms in total. The Morgan fingerprint density at radius 3 is 2.79 bits per heavy atom. The third-order valence-electron chi connectivity index (χ3n) is 2.94. The summed E-state index contributed by atoms with van der Waals surface area (Å²) in [5.74, 6) is -0.369. The molecule has 0 fully saturated rings. The summed E-state index contributed by atoms with van der Waals surface area (Å²) in [5.41, 5.74) is 7.18. The van der Waals surface area contributed by atoms with Crippen LogP contribution in [0.15, 0.2) is 54.9 Å². The molecule has 0 amide bonds. The lowest BCUT2D eigenvalue weighted by Gasteiger charge is -2.10. The number of halogens is 1. The molecule has 1 heterocycles. The average Bonchev–Trinajstić information content (AvgIpc) is 2.42. The van der Waals surface area contributed by atoms with E-state index in [0.717, 1.165) is 16.5 Å². The number of nitrogens with one attached hydrogen (secondary N) is 1. The minimum atomic E-state index is -0.369. The van der Waals surface area contributed by atoms with Gasteiger partial charge in [0.15, 0.2) is 0 Å². The van der Waals surface area contributed by atoms with Gasteiger partial charge < -0.3 is 11.1 Å². The first kappa shape index (κ1) is 11.5. The van der Waals surface area contributed by atoms with Crippen molar-refractivity contribution >= 4 is 27.8 Å². The minimum Gasteiger partial charge on any atom is -0.399 e. The maximum Gasteiger partial charge on any atom is 0.148 e. The first-order chi connectivity index (χ1) is 9.24. The molecule has 4 heteroatoms. The van der Waals surface area contributed by atoms with E-state index < -0.39 is 0 Å². The predicted molar refractivity (Wildman–Crippen MR) is 75.8 cm³/mol. The molecule has 0 radical (unpaired) electrons. The van der Waals surface area contributed by atoms with Gasteiger partial charge in [-0.15, -0.1) is 0 Å². The van der Waals surface area contributed by atoms with Gasteiger partial charge in [-0.3, -0.25) is 4.98 Å². The zero-order valence-electron chi connectivity index (χ0n) is 10.1. The summed E-state index contributed by atoms with van der Waals surface area (Å²) in [5, 5.41) is 5.08. The van der Waals surface area contributed by atoms with E-state index in [9.17, 15) is 4.39 Å². The number of aromatic nitrogens is 1. The van der Waals surface area contributed by atoms with Crippen molar-refractivity contribution < 1.29 is 4.39 Å². The molecule has 0 unspecified atom stereocenters. The van der Waals surface area contributed by atoms with Crippen LogP contribution in [0.1, 0.15) is 0 Å². The van der Waals surface area contributed by atoms with Gasteiger partial charge in [-0.2, -0.15) is 0 Å². The molecule has 0 saturated carbocycles. The number of hydrogen-bond acceptors (Lipinski definition) is 3. The van der Waals surface area contributed by atoms with Gasteiger partial charge in [0.25, 0.3) is 0 Å². The standard InChI is InChI=1S/C15H12FN3/c16-13-8-11(17)4-5-15(13)19-14-3-1-2-10-9-18-7-6-12(10)14/h1-9,19H,17H2. The molecule has 3 N–H and O–H groups in total. The molecule has 0 saturated heterocycles. The molecule has 0 aliphatic heterocycles. The van der Waals surface area contributed by atoms with Crippen molar-refractivity contribution in [2.24, 2.45) is 0 Å². The molecular formula is C15H12FN3. The second-order valence-corrected chi connectivity index (χ2v) is 4.27. The van der Waals surface area contributed by atoms with Crippen LogP contribution in [0.2, 0.25) is 0 Å². The largest absolute Gasteiger partial charge is 0.399 e. The lowest BCUT2D eigenvalue weighted by Crippen LogP contribution is -1.96. The average molecular weight is 253 g/mol. The molecule has 0 aliphatic rings. The molecule has 19 heavy (non-hydrogen) atoms. The SMILES string of the molecule is Nc1ccc(Nc2cccc3cnccc23)c(F)c1. The van der Waals surface area contributed by atoms with Gasteiger partial charge in [0, 0.05) is 34.5 Å². The summed E-state index contributed by atoms with van der Waals surface area (Å²) in [6, 6.07) is 12.3. The smallest absolute Gasteiger partial charge is 0.148 e. The molecule has 0 aliphatic carbocycles. The van der Waals surface area contributed by atoms with E-state index in [-0.39, 0.29) is 5.82 Å². The Morgan fingerprint density at radius 2 is 1.95 bits per heavy atom. The summed E-state index contributed by atoms with van der Waals surface area (Å²) in [6.07, 6.45) is 3.49. The second-order valence-electron chi connectivity index (χ2n) is 4.27. The normalized spacial score (nSPS) is 10.6. The predicted octanol–water partition coefficient (Wildman–Crippen LogP) is 3.70. The van der Waals surface area contributed by atoms with E-state index in [1.54, 1.807) is 24.5 Å². The van der Waals surface area contributed by atoms with Crippen molar-refractivity contribution in [2.45, 2.75) is 0 Å². The van der Waals surface area contributed by atoms with Gasteiger partial charge in [0.1, 0.15) is 5.82 Å². The number of benzene rings is 2. The van der Waals surface area contributed by atoms with Crippen molar-refractivity contribution in [3.8, 4) is 0 Å². The van der Waals surface area contributed by atoms with E-state index in [1.165, 1.54) is 6.07 Å². The Labute approximate surface area is 109 Å². The van der Waals surface area contributed by atoms with E-state index in [1.807, 2.05) is 24.3 Å².